The molecule has 0 spiro atoms. The van der Waals surface area contributed by atoms with Gasteiger partial charge < -0.3 is 9.47 Å². The Morgan fingerprint density at radius 2 is 1.86 bits per heavy atom. The smallest absolute Gasteiger partial charge is 0.162 e. The first kappa shape index (κ1) is 17.7. The predicted octanol–water partition coefficient (Wildman–Crippen LogP) is 4.43. The summed E-state index contributed by atoms with van der Waals surface area (Å²) >= 11 is 0. The molecule has 3 aromatic heterocycles. The van der Waals surface area contributed by atoms with E-state index in [2.05, 4.69) is 15.7 Å². The van der Waals surface area contributed by atoms with Crippen LogP contribution in [-0.4, -0.2) is 34.0 Å². The second-order valence-corrected chi connectivity index (χ2v) is 7.24. The van der Waals surface area contributed by atoms with Gasteiger partial charge in [0.05, 0.1) is 25.4 Å². The fourth-order valence-electron chi connectivity index (χ4n) is 4.16. The van der Waals surface area contributed by atoms with Crippen LogP contribution in [0, 0.1) is 6.92 Å². The number of ether oxygens (including phenoxy) is 2. The summed E-state index contributed by atoms with van der Waals surface area (Å²) in [6.45, 7) is 2.94. The average Bonchev–Trinajstić information content (AvgIpc) is 3.33. The standard InChI is InChI=1S/C23H22N4O2/c1-14-6-4-7-17(25-14)23-22(19-8-5-11-27(19)26-23)15-9-10-24-18-13-21(29-3)20(28-2)12-16(15)18/h4,6-7,9-10,12-13H,5,8,11H2,1-3H3. The van der Waals surface area contributed by atoms with Crippen LogP contribution in [0.4, 0.5) is 0 Å². The molecule has 0 saturated heterocycles. The molecular weight excluding hydrogens is 364 g/mol. The van der Waals surface area contributed by atoms with E-state index in [1.165, 1.54) is 5.69 Å². The van der Waals surface area contributed by atoms with E-state index < -0.39 is 0 Å². The quantitative estimate of drug-likeness (QED) is 0.519. The van der Waals surface area contributed by atoms with Crippen LogP contribution in [0.5, 0.6) is 11.5 Å². The summed E-state index contributed by atoms with van der Waals surface area (Å²) in [5, 5.41) is 5.95. The lowest BCUT2D eigenvalue weighted by atomic mass is 9.96. The molecule has 1 aliphatic heterocycles. The van der Waals surface area contributed by atoms with E-state index in [9.17, 15) is 0 Å². The first-order valence-corrected chi connectivity index (χ1v) is 9.74. The minimum atomic E-state index is 0.672. The van der Waals surface area contributed by atoms with E-state index in [0.29, 0.717) is 11.5 Å². The number of hydrogen-bond donors (Lipinski definition) is 0. The average molecular weight is 386 g/mol. The van der Waals surface area contributed by atoms with Gasteiger partial charge in [0.2, 0.25) is 0 Å². The third-order valence-electron chi connectivity index (χ3n) is 5.49. The van der Waals surface area contributed by atoms with Crippen molar-refractivity contribution in [2.45, 2.75) is 26.3 Å². The summed E-state index contributed by atoms with van der Waals surface area (Å²) in [5.41, 5.74) is 7.15. The molecule has 6 nitrogen and oxygen atoms in total. The summed E-state index contributed by atoms with van der Waals surface area (Å²) in [6, 6.07) is 12.1. The number of hydrogen-bond acceptors (Lipinski definition) is 5. The van der Waals surface area contributed by atoms with E-state index in [1.54, 1.807) is 14.2 Å². The fraction of sp³-hybridized carbons (Fsp3) is 0.261. The van der Waals surface area contributed by atoms with Crippen molar-refractivity contribution in [2.24, 2.45) is 0 Å². The van der Waals surface area contributed by atoms with E-state index in [-0.39, 0.29) is 0 Å². The van der Waals surface area contributed by atoms with E-state index in [1.807, 2.05) is 43.5 Å². The molecule has 0 bridgehead atoms. The van der Waals surface area contributed by atoms with E-state index in [4.69, 9.17) is 19.6 Å². The molecule has 5 rings (SSSR count). The highest BCUT2D eigenvalue weighted by molar-refractivity contribution is 6.00. The fourth-order valence-corrected chi connectivity index (χ4v) is 4.16. The monoisotopic (exact) mass is 386 g/mol. The van der Waals surface area contributed by atoms with Crippen molar-refractivity contribution in [1.29, 1.82) is 0 Å². The van der Waals surface area contributed by atoms with Gasteiger partial charge in [-0.1, -0.05) is 6.07 Å². The lowest BCUT2D eigenvalue weighted by Gasteiger charge is -2.12. The van der Waals surface area contributed by atoms with E-state index in [0.717, 1.165) is 58.5 Å². The van der Waals surface area contributed by atoms with Crippen LogP contribution < -0.4 is 9.47 Å². The first-order chi connectivity index (χ1) is 14.2. The van der Waals surface area contributed by atoms with Gasteiger partial charge in [0, 0.05) is 41.1 Å². The summed E-state index contributed by atoms with van der Waals surface area (Å²) in [6.07, 6.45) is 3.96. The summed E-state index contributed by atoms with van der Waals surface area (Å²) in [5.74, 6) is 1.36. The van der Waals surface area contributed by atoms with Crippen molar-refractivity contribution in [3.63, 3.8) is 0 Å². The Bertz CT molecular complexity index is 1230. The predicted molar refractivity (Wildman–Crippen MR) is 112 cm³/mol. The Kier molecular flexibility index (Phi) is 4.19. The molecule has 0 amide bonds. The minimum Gasteiger partial charge on any atom is -0.493 e. The number of methoxy groups -OCH3 is 2. The Morgan fingerprint density at radius 3 is 2.66 bits per heavy atom. The van der Waals surface area contributed by atoms with Gasteiger partial charge in [-0.3, -0.25) is 14.6 Å². The number of fused-ring (bicyclic) bond motifs is 2. The third-order valence-corrected chi connectivity index (χ3v) is 5.49. The van der Waals surface area contributed by atoms with Crippen molar-refractivity contribution in [3.8, 4) is 34.0 Å². The third kappa shape index (κ3) is 2.83. The van der Waals surface area contributed by atoms with Gasteiger partial charge >= 0.3 is 0 Å². The highest BCUT2D eigenvalue weighted by Gasteiger charge is 2.26. The maximum absolute atomic E-state index is 5.55. The van der Waals surface area contributed by atoms with Gasteiger partial charge in [0.1, 0.15) is 5.69 Å². The molecule has 1 aliphatic rings. The number of aromatic nitrogens is 4. The Balaban J connectivity index is 1.81. The molecule has 0 N–H and O–H groups in total. The molecule has 4 heterocycles. The second kappa shape index (κ2) is 6.88. The van der Waals surface area contributed by atoms with Gasteiger partial charge in [-0.05, 0) is 49.6 Å². The molecule has 1 aromatic carbocycles. The zero-order valence-corrected chi connectivity index (χ0v) is 16.8. The normalized spacial score (nSPS) is 12.9. The van der Waals surface area contributed by atoms with Gasteiger partial charge in [-0.15, -0.1) is 0 Å². The second-order valence-electron chi connectivity index (χ2n) is 7.24. The van der Waals surface area contributed by atoms with Crippen molar-refractivity contribution in [3.05, 3.63) is 54.0 Å². The van der Waals surface area contributed by atoms with Crippen LogP contribution >= 0.6 is 0 Å². The van der Waals surface area contributed by atoms with Gasteiger partial charge in [0.15, 0.2) is 11.5 Å². The molecule has 146 valence electrons. The number of rotatable bonds is 4. The molecule has 0 saturated carbocycles. The van der Waals surface area contributed by atoms with Crippen molar-refractivity contribution >= 4 is 10.9 Å². The number of aryl methyl sites for hydroxylation is 2. The molecule has 0 atom stereocenters. The number of nitrogens with zero attached hydrogens (tertiary/aromatic N) is 4. The molecule has 0 radical (unpaired) electrons. The van der Waals surface area contributed by atoms with Gasteiger partial charge in [-0.25, -0.2) is 0 Å². The van der Waals surface area contributed by atoms with Gasteiger partial charge in [-0.2, -0.15) is 5.10 Å². The van der Waals surface area contributed by atoms with Crippen molar-refractivity contribution in [2.75, 3.05) is 14.2 Å². The molecule has 6 heteroatoms. The summed E-state index contributed by atoms with van der Waals surface area (Å²) in [4.78, 5) is 9.31. The SMILES string of the molecule is COc1cc2nccc(-c3c(-c4cccc(C)n4)nn4c3CCC4)c2cc1OC. The Morgan fingerprint density at radius 1 is 1.03 bits per heavy atom. The first-order valence-electron chi connectivity index (χ1n) is 9.74. The molecule has 0 aliphatic carbocycles. The molecule has 0 fully saturated rings. The number of pyridine rings is 2. The Labute approximate surface area is 169 Å². The van der Waals surface area contributed by atoms with Crippen LogP contribution in [0.15, 0.2) is 42.6 Å². The zero-order valence-electron chi connectivity index (χ0n) is 16.8. The molecule has 0 unspecified atom stereocenters. The lowest BCUT2D eigenvalue weighted by Crippen LogP contribution is -1.95. The van der Waals surface area contributed by atoms with Crippen LogP contribution in [-0.2, 0) is 13.0 Å². The maximum Gasteiger partial charge on any atom is 0.162 e. The highest BCUT2D eigenvalue weighted by Crippen LogP contribution is 2.42. The maximum atomic E-state index is 5.55. The summed E-state index contributed by atoms with van der Waals surface area (Å²) < 4.78 is 13.1. The van der Waals surface area contributed by atoms with Crippen LogP contribution in [0.1, 0.15) is 17.8 Å². The van der Waals surface area contributed by atoms with Crippen molar-refractivity contribution in [1.82, 2.24) is 19.7 Å². The summed E-state index contributed by atoms with van der Waals surface area (Å²) in [7, 11) is 3.29. The van der Waals surface area contributed by atoms with Crippen LogP contribution in [0.2, 0.25) is 0 Å². The minimum absolute atomic E-state index is 0.672. The van der Waals surface area contributed by atoms with E-state index >= 15 is 0 Å². The van der Waals surface area contributed by atoms with Crippen LogP contribution in [0.25, 0.3) is 33.4 Å². The largest absolute Gasteiger partial charge is 0.493 e. The van der Waals surface area contributed by atoms with Gasteiger partial charge in [0.25, 0.3) is 0 Å². The van der Waals surface area contributed by atoms with Crippen molar-refractivity contribution < 1.29 is 9.47 Å². The highest BCUT2D eigenvalue weighted by atomic mass is 16.5. The Hall–Kier alpha value is -3.41. The number of benzene rings is 1. The lowest BCUT2D eigenvalue weighted by molar-refractivity contribution is 0.356. The van der Waals surface area contributed by atoms with Crippen LogP contribution in [0.3, 0.4) is 0 Å². The molecular formula is C23H22N4O2. The topological polar surface area (TPSA) is 62.1 Å². The molecule has 4 aromatic rings. The zero-order chi connectivity index (χ0) is 20.0. The molecule has 29 heavy (non-hydrogen) atoms.